The number of ether oxygens (including phenoxy) is 1. The molecule has 122 valence electrons. The predicted molar refractivity (Wildman–Crippen MR) is 86.0 cm³/mol. The summed E-state index contributed by atoms with van der Waals surface area (Å²) in [6.07, 6.45) is 0.371. The molecular weight excluding hydrogens is 338 g/mol. The van der Waals surface area contributed by atoms with Crippen LogP contribution in [0.1, 0.15) is 12.1 Å². The van der Waals surface area contributed by atoms with Crippen LogP contribution in [-0.2, 0) is 10.0 Å². The Morgan fingerprint density at radius 1 is 1.26 bits per heavy atom. The van der Waals surface area contributed by atoms with Crippen molar-refractivity contribution in [1.82, 2.24) is 14.5 Å². The molecular formula is C15H16ClN3O3S. The van der Waals surface area contributed by atoms with E-state index in [1.165, 1.54) is 10.4 Å². The van der Waals surface area contributed by atoms with Gasteiger partial charge in [-0.1, -0.05) is 17.7 Å². The molecule has 1 aliphatic heterocycles. The fraction of sp³-hybridized carbons (Fsp3) is 0.333. The van der Waals surface area contributed by atoms with E-state index < -0.39 is 10.0 Å². The number of benzene rings is 1. The minimum atomic E-state index is -3.56. The number of halogens is 1. The quantitative estimate of drug-likeness (QED) is 0.843. The summed E-state index contributed by atoms with van der Waals surface area (Å²) in [4.78, 5) is 0.195. The molecule has 0 bridgehead atoms. The van der Waals surface area contributed by atoms with Crippen molar-refractivity contribution in [2.45, 2.75) is 24.3 Å². The molecule has 6 nitrogen and oxygen atoms in total. The molecule has 0 saturated carbocycles. The van der Waals surface area contributed by atoms with Crippen molar-refractivity contribution < 1.29 is 13.2 Å². The van der Waals surface area contributed by atoms with E-state index >= 15 is 0 Å². The number of aromatic nitrogens is 2. The van der Waals surface area contributed by atoms with Gasteiger partial charge in [0.15, 0.2) is 0 Å². The summed E-state index contributed by atoms with van der Waals surface area (Å²) >= 11 is 5.88. The first-order valence-electron chi connectivity index (χ1n) is 7.18. The molecule has 0 amide bonds. The van der Waals surface area contributed by atoms with Crippen molar-refractivity contribution in [3.05, 3.63) is 47.1 Å². The van der Waals surface area contributed by atoms with E-state index in [9.17, 15) is 8.42 Å². The molecule has 3 rings (SSSR count). The van der Waals surface area contributed by atoms with Gasteiger partial charge in [-0.15, -0.1) is 5.10 Å². The Morgan fingerprint density at radius 3 is 2.78 bits per heavy atom. The highest BCUT2D eigenvalue weighted by Crippen LogP contribution is 2.25. The van der Waals surface area contributed by atoms with E-state index in [0.717, 1.165) is 5.69 Å². The lowest BCUT2D eigenvalue weighted by atomic mass is 10.3. The summed E-state index contributed by atoms with van der Waals surface area (Å²) in [6.45, 7) is 2.52. The molecule has 1 fully saturated rings. The minimum absolute atomic E-state index is 0.195. The van der Waals surface area contributed by atoms with E-state index in [2.05, 4.69) is 10.2 Å². The Hall–Kier alpha value is -1.70. The van der Waals surface area contributed by atoms with Crippen molar-refractivity contribution in [1.29, 1.82) is 0 Å². The highest BCUT2D eigenvalue weighted by molar-refractivity contribution is 7.89. The van der Waals surface area contributed by atoms with Gasteiger partial charge in [0.05, 0.1) is 17.1 Å². The molecule has 1 aliphatic rings. The van der Waals surface area contributed by atoms with Gasteiger partial charge in [-0.05, 0) is 37.6 Å². The molecule has 8 heteroatoms. The molecule has 0 spiro atoms. The van der Waals surface area contributed by atoms with Crippen molar-refractivity contribution >= 4 is 21.6 Å². The number of aryl methyl sites for hydroxylation is 1. The van der Waals surface area contributed by atoms with Crippen LogP contribution in [0.15, 0.2) is 41.3 Å². The van der Waals surface area contributed by atoms with Gasteiger partial charge < -0.3 is 4.74 Å². The van der Waals surface area contributed by atoms with Gasteiger partial charge in [-0.2, -0.15) is 9.40 Å². The predicted octanol–water partition coefficient (Wildman–Crippen LogP) is 2.28. The second-order valence-electron chi connectivity index (χ2n) is 5.36. The average molecular weight is 354 g/mol. The number of hydrogen-bond acceptors (Lipinski definition) is 5. The fourth-order valence-electron chi connectivity index (χ4n) is 2.41. The maximum Gasteiger partial charge on any atom is 0.243 e. The lowest BCUT2D eigenvalue weighted by Gasteiger charge is -2.17. The van der Waals surface area contributed by atoms with Crippen LogP contribution < -0.4 is 4.74 Å². The second-order valence-corrected chi connectivity index (χ2v) is 7.74. The summed E-state index contributed by atoms with van der Waals surface area (Å²) in [5.74, 6) is 0.405. The molecule has 23 heavy (non-hydrogen) atoms. The Morgan fingerprint density at radius 2 is 2.09 bits per heavy atom. The summed E-state index contributed by atoms with van der Waals surface area (Å²) in [6, 6.07) is 9.80. The minimum Gasteiger partial charge on any atom is -0.472 e. The summed E-state index contributed by atoms with van der Waals surface area (Å²) in [5.41, 5.74) is 0.800. The first-order chi connectivity index (χ1) is 10.9. The largest absolute Gasteiger partial charge is 0.472 e. The highest BCUT2D eigenvalue weighted by atomic mass is 35.5. The van der Waals surface area contributed by atoms with Gasteiger partial charge in [0.25, 0.3) is 0 Å². The normalized spacial score (nSPS) is 19.0. The van der Waals surface area contributed by atoms with Crippen LogP contribution in [0.3, 0.4) is 0 Å². The zero-order chi connectivity index (χ0) is 16.4. The van der Waals surface area contributed by atoms with Crippen LogP contribution in [0.5, 0.6) is 5.88 Å². The van der Waals surface area contributed by atoms with E-state index in [0.29, 0.717) is 23.9 Å². The number of rotatable bonds is 4. The van der Waals surface area contributed by atoms with E-state index in [-0.39, 0.29) is 17.5 Å². The molecule has 1 atom stereocenters. The smallest absolute Gasteiger partial charge is 0.243 e. The third kappa shape index (κ3) is 3.63. The van der Waals surface area contributed by atoms with Crippen molar-refractivity contribution in [3.8, 4) is 5.88 Å². The maximum absolute atomic E-state index is 12.6. The molecule has 0 aliphatic carbocycles. The Balaban J connectivity index is 1.70. The third-order valence-corrected chi connectivity index (χ3v) is 5.70. The summed E-state index contributed by atoms with van der Waals surface area (Å²) in [5, 5.41) is 8.26. The molecule has 1 aromatic carbocycles. The van der Waals surface area contributed by atoms with Gasteiger partial charge >= 0.3 is 0 Å². The second kappa shape index (κ2) is 6.43. The Bertz CT molecular complexity index is 796. The number of nitrogens with zero attached hydrogens (tertiary/aromatic N) is 3. The SMILES string of the molecule is Cc1ccc(OC2CCN(S(=O)(=O)c3cccc(Cl)c3)C2)nn1. The monoisotopic (exact) mass is 353 g/mol. The van der Waals surface area contributed by atoms with Gasteiger partial charge in [0, 0.05) is 17.6 Å². The summed E-state index contributed by atoms with van der Waals surface area (Å²) < 4.78 is 32.3. The zero-order valence-corrected chi connectivity index (χ0v) is 14.1. The average Bonchev–Trinajstić information content (AvgIpc) is 2.99. The first-order valence-corrected chi connectivity index (χ1v) is 9.00. The fourth-order valence-corrected chi connectivity index (χ4v) is 4.20. The van der Waals surface area contributed by atoms with Crippen LogP contribution >= 0.6 is 11.6 Å². The molecule has 2 aromatic rings. The standard InChI is InChI=1S/C15H16ClN3O3S/c1-11-5-6-15(18-17-11)22-13-7-8-19(10-13)23(20,21)14-4-2-3-12(16)9-14/h2-6,9,13H,7-8,10H2,1H3. The Labute approximate surface area is 140 Å². The van der Waals surface area contributed by atoms with Crippen LogP contribution in [0.25, 0.3) is 0 Å². The van der Waals surface area contributed by atoms with Crippen molar-refractivity contribution in [2.75, 3.05) is 13.1 Å². The lowest BCUT2D eigenvalue weighted by molar-refractivity contribution is 0.204. The van der Waals surface area contributed by atoms with Crippen LogP contribution in [0, 0.1) is 6.92 Å². The van der Waals surface area contributed by atoms with Gasteiger partial charge in [-0.3, -0.25) is 0 Å². The molecule has 1 unspecified atom stereocenters. The van der Waals surface area contributed by atoms with Gasteiger partial charge in [-0.25, -0.2) is 8.42 Å². The van der Waals surface area contributed by atoms with E-state index in [1.807, 2.05) is 6.92 Å². The van der Waals surface area contributed by atoms with Gasteiger partial charge in [0.1, 0.15) is 6.10 Å². The lowest BCUT2D eigenvalue weighted by Crippen LogP contribution is -2.31. The molecule has 0 N–H and O–H groups in total. The number of sulfonamides is 1. The third-order valence-electron chi connectivity index (χ3n) is 3.60. The van der Waals surface area contributed by atoms with Gasteiger partial charge in [0.2, 0.25) is 15.9 Å². The topological polar surface area (TPSA) is 72.4 Å². The molecule has 1 saturated heterocycles. The first kappa shape index (κ1) is 16.2. The van der Waals surface area contributed by atoms with Crippen molar-refractivity contribution in [3.63, 3.8) is 0 Å². The maximum atomic E-state index is 12.6. The highest BCUT2D eigenvalue weighted by Gasteiger charge is 2.33. The molecule has 1 aromatic heterocycles. The molecule has 0 radical (unpaired) electrons. The van der Waals surface area contributed by atoms with Crippen molar-refractivity contribution in [2.24, 2.45) is 0 Å². The summed E-state index contributed by atoms with van der Waals surface area (Å²) in [7, 11) is -3.56. The van der Waals surface area contributed by atoms with E-state index in [1.54, 1.807) is 30.3 Å². The van der Waals surface area contributed by atoms with Crippen LogP contribution in [0.2, 0.25) is 5.02 Å². The number of hydrogen-bond donors (Lipinski definition) is 0. The van der Waals surface area contributed by atoms with Crippen LogP contribution in [-0.4, -0.2) is 42.1 Å². The molecule has 2 heterocycles. The van der Waals surface area contributed by atoms with E-state index in [4.69, 9.17) is 16.3 Å². The zero-order valence-electron chi connectivity index (χ0n) is 12.5. The Kier molecular flexibility index (Phi) is 4.52. The van der Waals surface area contributed by atoms with Crippen LogP contribution in [0.4, 0.5) is 0 Å².